The fourth-order valence-corrected chi connectivity index (χ4v) is 3.01. The molecule has 3 N–H and O–H groups in total. The number of hydrogen-bond donors (Lipinski definition) is 2. The Morgan fingerprint density at radius 1 is 1.28 bits per heavy atom. The normalized spacial score (nSPS) is 17.7. The molecule has 98 valence electrons. The van der Waals surface area contributed by atoms with Gasteiger partial charge in [-0.15, -0.1) is 0 Å². The van der Waals surface area contributed by atoms with Crippen molar-refractivity contribution in [3.63, 3.8) is 0 Å². The molecule has 1 saturated carbocycles. The first kappa shape index (κ1) is 13.6. The average Bonchev–Trinajstić information content (AvgIpc) is 2.87. The van der Waals surface area contributed by atoms with Crippen LogP contribution in [0.1, 0.15) is 31.2 Å². The molecule has 1 aliphatic rings. The van der Waals surface area contributed by atoms with Crippen LogP contribution in [0.2, 0.25) is 0 Å². The Kier molecular flexibility index (Phi) is 4.40. The first-order chi connectivity index (χ1) is 8.69. The van der Waals surface area contributed by atoms with Crippen LogP contribution in [0.15, 0.2) is 28.7 Å². The first-order valence-corrected chi connectivity index (χ1v) is 7.23. The molecule has 1 aliphatic carbocycles. The van der Waals surface area contributed by atoms with Gasteiger partial charge in [0.15, 0.2) is 0 Å². The van der Waals surface area contributed by atoms with Crippen molar-refractivity contribution in [2.75, 3.05) is 13.1 Å². The van der Waals surface area contributed by atoms with Crippen molar-refractivity contribution in [3.05, 3.63) is 34.3 Å². The van der Waals surface area contributed by atoms with E-state index in [0.29, 0.717) is 13.1 Å². The molecule has 1 aromatic carbocycles. The minimum absolute atomic E-state index is 0.132. The number of halogens is 1. The molecule has 0 radical (unpaired) electrons. The lowest BCUT2D eigenvalue weighted by Gasteiger charge is -2.28. The van der Waals surface area contributed by atoms with Crippen LogP contribution in [0.5, 0.6) is 0 Å². The van der Waals surface area contributed by atoms with Crippen molar-refractivity contribution >= 4 is 21.8 Å². The second-order valence-corrected chi connectivity index (χ2v) is 5.76. The second-order valence-electron chi connectivity index (χ2n) is 4.84. The average molecular weight is 311 g/mol. The van der Waals surface area contributed by atoms with Gasteiger partial charge in [0.2, 0.25) is 5.91 Å². The fraction of sp³-hybridized carbons (Fsp3) is 0.500. The monoisotopic (exact) mass is 310 g/mol. The van der Waals surface area contributed by atoms with Crippen LogP contribution in [-0.4, -0.2) is 19.0 Å². The van der Waals surface area contributed by atoms with Gasteiger partial charge in [0.1, 0.15) is 0 Å². The van der Waals surface area contributed by atoms with Crippen LogP contribution in [0.25, 0.3) is 0 Å². The summed E-state index contributed by atoms with van der Waals surface area (Å²) in [6, 6.07) is 8.12. The summed E-state index contributed by atoms with van der Waals surface area (Å²) < 4.78 is 1.04. The van der Waals surface area contributed by atoms with E-state index < -0.39 is 0 Å². The van der Waals surface area contributed by atoms with Crippen LogP contribution in [-0.2, 0) is 10.2 Å². The minimum Gasteiger partial charge on any atom is -0.354 e. The summed E-state index contributed by atoms with van der Waals surface area (Å²) in [5.74, 6) is 0.132. The van der Waals surface area contributed by atoms with Crippen LogP contribution in [0.4, 0.5) is 0 Å². The quantitative estimate of drug-likeness (QED) is 0.897. The van der Waals surface area contributed by atoms with E-state index in [1.165, 1.54) is 0 Å². The van der Waals surface area contributed by atoms with Crippen LogP contribution < -0.4 is 11.1 Å². The van der Waals surface area contributed by atoms with E-state index in [0.717, 1.165) is 35.7 Å². The molecular formula is C14H19BrN2O. The lowest BCUT2D eigenvalue weighted by molar-refractivity contribution is -0.126. The molecular weight excluding hydrogens is 292 g/mol. The van der Waals surface area contributed by atoms with Gasteiger partial charge in [-0.05, 0) is 30.5 Å². The van der Waals surface area contributed by atoms with Gasteiger partial charge in [-0.3, -0.25) is 4.79 Å². The number of benzene rings is 1. The fourth-order valence-electron chi connectivity index (χ4n) is 2.75. The minimum atomic E-state index is -0.337. The van der Waals surface area contributed by atoms with Crippen LogP contribution in [0.3, 0.4) is 0 Å². The number of rotatable bonds is 4. The van der Waals surface area contributed by atoms with Crippen molar-refractivity contribution < 1.29 is 4.79 Å². The highest BCUT2D eigenvalue weighted by atomic mass is 79.9. The zero-order valence-corrected chi connectivity index (χ0v) is 12.0. The second kappa shape index (κ2) is 5.85. The standard InChI is InChI=1S/C14H19BrN2O/c15-12-5-3-11(4-6-12)14(7-1-2-8-14)13(18)17-10-9-16/h3-6H,1-2,7-10,16H2,(H,17,18). The number of amides is 1. The summed E-state index contributed by atoms with van der Waals surface area (Å²) in [6.07, 6.45) is 4.11. The molecule has 1 amide bonds. The van der Waals surface area contributed by atoms with Gasteiger partial charge < -0.3 is 11.1 Å². The number of carbonyl (C=O) groups excluding carboxylic acids is 1. The summed E-state index contributed by atoms with van der Waals surface area (Å²) in [7, 11) is 0. The third kappa shape index (κ3) is 2.59. The molecule has 1 aromatic rings. The van der Waals surface area contributed by atoms with Gasteiger partial charge in [0, 0.05) is 17.6 Å². The first-order valence-electron chi connectivity index (χ1n) is 6.43. The van der Waals surface area contributed by atoms with Gasteiger partial charge >= 0.3 is 0 Å². The summed E-state index contributed by atoms with van der Waals surface area (Å²) in [4.78, 5) is 12.4. The summed E-state index contributed by atoms with van der Waals surface area (Å²) >= 11 is 3.43. The Morgan fingerprint density at radius 2 is 1.89 bits per heavy atom. The Balaban J connectivity index is 2.26. The summed E-state index contributed by atoms with van der Waals surface area (Å²) in [5, 5.41) is 2.95. The largest absolute Gasteiger partial charge is 0.354 e. The van der Waals surface area contributed by atoms with Crippen molar-refractivity contribution in [1.29, 1.82) is 0 Å². The lowest BCUT2D eigenvalue weighted by Crippen LogP contribution is -2.44. The van der Waals surface area contributed by atoms with Crippen molar-refractivity contribution in [1.82, 2.24) is 5.32 Å². The number of hydrogen-bond acceptors (Lipinski definition) is 2. The lowest BCUT2D eigenvalue weighted by atomic mass is 9.78. The molecule has 0 bridgehead atoms. The van der Waals surface area contributed by atoms with E-state index in [4.69, 9.17) is 5.73 Å². The zero-order valence-electron chi connectivity index (χ0n) is 10.4. The van der Waals surface area contributed by atoms with Crippen LogP contribution >= 0.6 is 15.9 Å². The predicted molar refractivity (Wildman–Crippen MR) is 76.4 cm³/mol. The molecule has 0 unspecified atom stereocenters. The van der Waals surface area contributed by atoms with E-state index >= 15 is 0 Å². The Hall–Kier alpha value is -0.870. The number of nitrogens with one attached hydrogen (secondary N) is 1. The SMILES string of the molecule is NCCNC(=O)C1(c2ccc(Br)cc2)CCCC1. The van der Waals surface area contributed by atoms with E-state index in [-0.39, 0.29) is 11.3 Å². The number of carbonyl (C=O) groups is 1. The smallest absolute Gasteiger partial charge is 0.230 e. The maximum atomic E-state index is 12.4. The van der Waals surface area contributed by atoms with E-state index in [1.807, 2.05) is 12.1 Å². The van der Waals surface area contributed by atoms with Gasteiger partial charge in [0.05, 0.1) is 5.41 Å². The molecule has 4 heteroatoms. The van der Waals surface area contributed by atoms with Gasteiger partial charge in [0.25, 0.3) is 0 Å². The summed E-state index contributed by atoms with van der Waals surface area (Å²) in [6.45, 7) is 1.04. The highest BCUT2D eigenvalue weighted by Crippen LogP contribution is 2.41. The molecule has 0 heterocycles. The summed E-state index contributed by atoms with van der Waals surface area (Å²) in [5.41, 5.74) is 6.24. The molecule has 18 heavy (non-hydrogen) atoms. The van der Waals surface area contributed by atoms with Crippen molar-refractivity contribution in [2.45, 2.75) is 31.1 Å². The van der Waals surface area contributed by atoms with Crippen LogP contribution in [0, 0.1) is 0 Å². The maximum Gasteiger partial charge on any atom is 0.230 e. The van der Waals surface area contributed by atoms with E-state index in [9.17, 15) is 4.79 Å². The highest BCUT2D eigenvalue weighted by molar-refractivity contribution is 9.10. The molecule has 0 atom stereocenters. The van der Waals surface area contributed by atoms with Gasteiger partial charge in [-0.25, -0.2) is 0 Å². The molecule has 2 rings (SSSR count). The highest BCUT2D eigenvalue weighted by Gasteiger charge is 2.42. The van der Waals surface area contributed by atoms with E-state index in [1.54, 1.807) is 0 Å². The molecule has 1 fully saturated rings. The zero-order chi connectivity index (χ0) is 13.0. The van der Waals surface area contributed by atoms with Crippen molar-refractivity contribution in [2.24, 2.45) is 5.73 Å². The molecule has 0 aromatic heterocycles. The Morgan fingerprint density at radius 3 is 2.44 bits per heavy atom. The Bertz CT molecular complexity index is 410. The van der Waals surface area contributed by atoms with Crippen molar-refractivity contribution in [3.8, 4) is 0 Å². The number of nitrogens with two attached hydrogens (primary N) is 1. The van der Waals surface area contributed by atoms with Gasteiger partial charge in [-0.2, -0.15) is 0 Å². The van der Waals surface area contributed by atoms with E-state index in [2.05, 4.69) is 33.4 Å². The molecule has 0 spiro atoms. The molecule has 0 saturated heterocycles. The Labute approximate surface area is 116 Å². The third-order valence-electron chi connectivity index (χ3n) is 3.72. The molecule has 3 nitrogen and oxygen atoms in total. The maximum absolute atomic E-state index is 12.4. The van der Waals surface area contributed by atoms with Gasteiger partial charge in [-0.1, -0.05) is 40.9 Å². The molecule has 0 aliphatic heterocycles. The third-order valence-corrected chi connectivity index (χ3v) is 4.25. The topological polar surface area (TPSA) is 55.1 Å². The predicted octanol–water partition coefficient (Wildman–Crippen LogP) is 2.34.